The molecular weight excluding hydrogens is 306 g/mol. The van der Waals surface area contributed by atoms with E-state index in [4.69, 9.17) is 4.98 Å². The topological polar surface area (TPSA) is 40.7 Å². The third-order valence-electron chi connectivity index (χ3n) is 5.32. The lowest BCUT2D eigenvalue weighted by atomic mass is 9.95. The number of hydrogen-bond acceptors (Lipinski definition) is 2. The monoisotopic (exact) mass is 327 g/mol. The summed E-state index contributed by atoms with van der Waals surface area (Å²) in [6.07, 6.45) is 1.06. The molecule has 0 saturated heterocycles. The van der Waals surface area contributed by atoms with Gasteiger partial charge in [0.15, 0.2) is 0 Å². The van der Waals surface area contributed by atoms with Crippen molar-refractivity contribution in [2.24, 2.45) is 0 Å². The molecule has 3 heterocycles. The number of H-pyrrole nitrogens is 1. The van der Waals surface area contributed by atoms with E-state index >= 15 is 0 Å². The summed E-state index contributed by atoms with van der Waals surface area (Å²) in [7, 11) is 0. The Bertz CT molecular complexity index is 1110. The van der Waals surface area contributed by atoms with Crippen LogP contribution in [0.5, 0.6) is 0 Å². The maximum Gasteiger partial charge on any atom is 0.0906 e. The summed E-state index contributed by atoms with van der Waals surface area (Å²) < 4.78 is 0. The van der Waals surface area contributed by atoms with Crippen molar-refractivity contribution in [3.05, 3.63) is 76.6 Å². The Balaban J connectivity index is 1.70. The SMILES string of the molecule is Cc1cc(C)c2[nH]c3c(c2c1)CCNC3c1ccc2ccccc2n1. The minimum atomic E-state index is 0.125. The maximum absolute atomic E-state index is 4.93. The van der Waals surface area contributed by atoms with Crippen molar-refractivity contribution in [1.82, 2.24) is 15.3 Å². The van der Waals surface area contributed by atoms with Gasteiger partial charge in [0, 0.05) is 28.5 Å². The van der Waals surface area contributed by atoms with Crippen molar-refractivity contribution in [3.63, 3.8) is 0 Å². The molecule has 0 bridgehead atoms. The summed E-state index contributed by atoms with van der Waals surface area (Å²) in [5.74, 6) is 0. The van der Waals surface area contributed by atoms with Crippen LogP contribution in [0.3, 0.4) is 0 Å². The van der Waals surface area contributed by atoms with Gasteiger partial charge in [-0.2, -0.15) is 0 Å². The Kier molecular flexibility index (Phi) is 3.19. The molecule has 124 valence electrons. The second-order valence-electron chi connectivity index (χ2n) is 7.09. The Morgan fingerprint density at radius 3 is 2.84 bits per heavy atom. The standard InChI is InChI=1S/C22H21N3/c1-13-11-14(2)20-17(12-13)16-9-10-23-22(21(16)25-20)19-8-7-15-5-3-4-6-18(15)24-19/h3-8,11-12,22-23,25H,9-10H2,1-2H3. The first-order valence-corrected chi connectivity index (χ1v) is 8.91. The highest BCUT2D eigenvalue weighted by Gasteiger charge is 2.26. The number of aromatic nitrogens is 2. The van der Waals surface area contributed by atoms with Gasteiger partial charge in [-0.05, 0) is 49.6 Å². The molecule has 25 heavy (non-hydrogen) atoms. The van der Waals surface area contributed by atoms with E-state index in [1.54, 1.807) is 0 Å². The molecule has 4 aromatic rings. The lowest BCUT2D eigenvalue weighted by Crippen LogP contribution is -2.31. The van der Waals surface area contributed by atoms with E-state index in [9.17, 15) is 0 Å². The van der Waals surface area contributed by atoms with E-state index in [1.165, 1.54) is 38.7 Å². The summed E-state index contributed by atoms with van der Waals surface area (Å²) in [5.41, 5.74) is 8.77. The number of nitrogens with one attached hydrogen (secondary N) is 2. The van der Waals surface area contributed by atoms with E-state index in [1.807, 2.05) is 6.07 Å². The van der Waals surface area contributed by atoms with Crippen LogP contribution < -0.4 is 5.32 Å². The smallest absolute Gasteiger partial charge is 0.0906 e. The normalized spacial score (nSPS) is 17.1. The first kappa shape index (κ1) is 14.7. The Hall–Kier alpha value is -2.65. The van der Waals surface area contributed by atoms with Crippen LogP contribution in [-0.2, 0) is 6.42 Å². The van der Waals surface area contributed by atoms with E-state index in [0.717, 1.165) is 24.2 Å². The molecule has 0 aliphatic carbocycles. The number of rotatable bonds is 1. The van der Waals surface area contributed by atoms with Crippen molar-refractivity contribution in [1.29, 1.82) is 0 Å². The van der Waals surface area contributed by atoms with E-state index in [-0.39, 0.29) is 6.04 Å². The van der Waals surface area contributed by atoms with Crippen molar-refractivity contribution >= 4 is 21.8 Å². The van der Waals surface area contributed by atoms with Crippen LogP contribution in [0.2, 0.25) is 0 Å². The van der Waals surface area contributed by atoms with E-state index < -0.39 is 0 Å². The van der Waals surface area contributed by atoms with Gasteiger partial charge in [0.05, 0.1) is 17.3 Å². The summed E-state index contributed by atoms with van der Waals surface area (Å²) in [4.78, 5) is 8.63. The molecule has 1 aliphatic rings. The molecule has 2 N–H and O–H groups in total. The van der Waals surface area contributed by atoms with Crippen molar-refractivity contribution < 1.29 is 0 Å². The third-order valence-corrected chi connectivity index (χ3v) is 5.32. The zero-order valence-electron chi connectivity index (χ0n) is 14.6. The van der Waals surface area contributed by atoms with Gasteiger partial charge < -0.3 is 10.3 Å². The summed E-state index contributed by atoms with van der Waals surface area (Å²) in [6, 6.07) is 17.3. The van der Waals surface area contributed by atoms with Crippen LogP contribution in [0.25, 0.3) is 21.8 Å². The van der Waals surface area contributed by atoms with Crippen LogP contribution in [0.15, 0.2) is 48.5 Å². The highest BCUT2D eigenvalue weighted by atomic mass is 15.0. The lowest BCUT2D eigenvalue weighted by Gasteiger charge is -2.24. The molecule has 0 spiro atoms. The van der Waals surface area contributed by atoms with Crippen LogP contribution >= 0.6 is 0 Å². The fraction of sp³-hybridized carbons (Fsp3) is 0.227. The molecule has 1 aliphatic heterocycles. The van der Waals surface area contributed by atoms with Crippen LogP contribution in [0.1, 0.15) is 34.1 Å². The third kappa shape index (κ3) is 2.27. The van der Waals surface area contributed by atoms with Gasteiger partial charge >= 0.3 is 0 Å². The fourth-order valence-corrected chi connectivity index (χ4v) is 4.18. The minimum absolute atomic E-state index is 0.125. The maximum atomic E-state index is 4.93. The van der Waals surface area contributed by atoms with Crippen LogP contribution in [0, 0.1) is 13.8 Å². The second-order valence-corrected chi connectivity index (χ2v) is 7.09. The largest absolute Gasteiger partial charge is 0.356 e. The average Bonchev–Trinajstić information content (AvgIpc) is 3.00. The predicted octanol–water partition coefficient (Wildman–Crippen LogP) is 4.57. The first-order valence-electron chi connectivity index (χ1n) is 8.91. The zero-order chi connectivity index (χ0) is 17.0. The van der Waals surface area contributed by atoms with Gasteiger partial charge in [-0.1, -0.05) is 35.9 Å². The zero-order valence-corrected chi connectivity index (χ0v) is 14.6. The number of pyridine rings is 1. The Morgan fingerprint density at radius 1 is 1.04 bits per heavy atom. The van der Waals surface area contributed by atoms with Crippen LogP contribution in [-0.4, -0.2) is 16.5 Å². The van der Waals surface area contributed by atoms with Gasteiger partial charge in [-0.3, -0.25) is 4.98 Å². The molecule has 1 atom stereocenters. The van der Waals surface area contributed by atoms with Gasteiger partial charge in [0.2, 0.25) is 0 Å². The Labute approximate surface area is 147 Å². The first-order chi connectivity index (χ1) is 12.2. The number of benzene rings is 2. The minimum Gasteiger partial charge on any atom is -0.356 e. The summed E-state index contributed by atoms with van der Waals surface area (Å²) in [5, 5.41) is 6.22. The average molecular weight is 327 g/mol. The van der Waals surface area contributed by atoms with Crippen molar-refractivity contribution in [3.8, 4) is 0 Å². The van der Waals surface area contributed by atoms with Gasteiger partial charge in [-0.25, -0.2) is 0 Å². The van der Waals surface area contributed by atoms with E-state index in [2.05, 4.69) is 66.6 Å². The highest BCUT2D eigenvalue weighted by molar-refractivity contribution is 5.88. The quantitative estimate of drug-likeness (QED) is 0.538. The molecule has 2 aromatic carbocycles. The molecule has 1 unspecified atom stereocenters. The molecular formula is C22H21N3. The molecule has 0 fully saturated rings. The van der Waals surface area contributed by atoms with E-state index in [0.29, 0.717) is 0 Å². The molecule has 0 saturated carbocycles. The molecule has 3 heteroatoms. The van der Waals surface area contributed by atoms with Gasteiger partial charge in [0.1, 0.15) is 0 Å². The summed E-state index contributed by atoms with van der Waals surface area (Å²) in [6.45, 7) is 5.34. The highest BCUT2D eigenvalue weighted by Crippen LogP contribution is 2.35. The molecule has 0 radical (unpaired) electrons. The number of nitrogens with zero attached hydrogens (tertiary/aromatic N) is 1. The second kappa shape index (κ2) is 5.43. The molecule has 2 aromatic heterocycles. The lowest BCUT2D eigenvalue weighted by molar-refractivity contribution is 0.551. The number of fused-ring (bicyclic) bond motifs is 4. The van der Waals surface area contributed by atoms with Gasteiger partial charge in [-0.15, -0.1) is 0 Å². The fourth-order valence-electron chi connectivity index (χ4n) is 4.18. The number of aromatic amines is 1. The van der Waals surface area contributed by atoms with Crippen molar-refractivity contribution in [2.75, 3.05) is 6.54 Å². The predicted molar refractivity (Wildman–Crippen MR) is 103 cm³/mol. The summed E-state index contributed by atoms with van der Waals surface area (Å²) >= 11 is 0. The molecule has 5 rings (SSSR count). The Morgan fingerprint density at radius 2 is 1.92 bits per heavy atom. The molecule has 3 nitrogen and oxygen atoms in total. The van der Waals surface area contributed by atoms with Crippen molar-refractivity contribution in [2.45, 2.75) is 26.3 Å². The van der Waals surface area contributed by atoms with Crippen LogP contribution in [0.4, 0.5) is 0 Å². The number of hydrogen-bond donors (Lipinski definition) is 2. The number of para-hydroxylation sites is 1. The number of aryl methyl sites for hydroxylation is 2. The molecule has 0 amide bonds. The van der Waals surface area contributed by atoms with Gasteiger partial charge in [0.25, 0.3) is 0 Å².